The van der Waals surface area contributed by atoms with Gasteiger partial charge in [0.25, 0.3) is 5.91 Å². The Bertz CT molecular complexity index is 885. The van der Waals surface area contributed by atoms with Gasteiger partial charge in [0.05, 0.1) is 25.4 Å². The molecule has 0 spiro atoms. The van der Waals surface area contributed by atoms with Crippen LogP contribution in [-0.2, 0) is 23.9 Å². The fourth-order valence-corrected chi connectivity index (χ4v) is 3.48. The fourth-order valence-electron chi connectivity index (χ4n) is 3.36. The van der Waals surface area contributed by atoms with Crippen LogP contribution in [0.4, 0.5) is 0 Å². The Balaban J connectivity index is 2.17. The molecule has 0 aromatic heterocycles. The van der Waals surface area contributed by atoms with Gasteiger partial charge in [-0.1, -0.05) is 36.4 Å². The van der Waals surface area contributed by atoms with Crippen LogP contribution in [0.2, 0.25) is 0 Å². The number of hydrogen-bond donors (Lipinski definition) is 0. The molecule has 6 nitrogen and oxygen atoms in total. The molecule has 140 valence electrons. The monoisotopic (exact) mass is 387 g/mol. The molecule has 1 aliphatic heterocycles. The zero-order chi connectivity index (χ0) is 19.6. The lowest BCUT2D eigenvalue weighted by atomic mass is 9.88. The van der Waals surface area contributed by atoms with Crippen molar-refractivity contribution in [1.82, 2.24) is 4.90 Å². The number of allylic oxidation sites excluding steroid dienone is 2. The van der Waals surface area contributed by atoms with Crippen LogP contribution in [0.5, 0.6) is 0 Å². The van der Waals surface area contributed by atoms with Crippen molar-refractivity contribution < 1.29 is 23.9 Å². The lowest BCUT2D eigenvalue weighted by molar-refractivity contribution is -0.138. The highest BCUT2D eigenvalue weighted by atomic mass is 35.5. The summed E-state index contributed by atoms with van der Waals surface area (Å²) in [5.41, 5.74) is 1.80. The van der Waals surface area contributed by atoms with Crippen molar-refractivity contribution in [2.24, 2.45) is 5.92 Å². The minimum Gasteiger partial charge on any atom is -0.496 e. The number of hydrogen-bond acceptors (Lipinski definition) is 5. The van der Waals surface area contributed by atoms with Crippen LogP contribution >= 0.6 is 11.6 Å². The topological polar surface area (TPSA) is 72.9 Å². The second-order valence-corrected chi connectivity index (χ2v) is 6.26. The number of esters is 1. The van der Waals surface area contributed by atoms with E-state index in [4.69, 9.17) is 21.1 Å². The van der Waals surface area contributed by atoms with Gasteiger partial charge in [0.1, 0.15) is 11.6 Å². The highest BCUT2D eigenvalue weighted by Gasteiger charge is 2.46. The van der Waals surface area contributed by atoms with E-state index in [0.717, 1.165) is 10.5 Å². The Kier molecular flexibility index (Phi) is 5.46. The van der Waals surface area contributed by atoms with Crippen molar-refractivity contribution in [3.8, 4) is 0 Å². The molecule has 1 atom stereocenters. The van der Waals surface area contributed by atoms with E-state index >= 15 is 0 Å². The highest BCUT2D eigenvalue weighted by Crippen LogP contribution is 2.43. The maximum atomic E-state index is 13.1. The number of halogens is 1. The Morgan fingerprint density at radius 1 is 1.19 bits per heavy atom. The first kappa shape index (κ1) is 18.9. The molecule has 0 saturated carbocycles. The third-order valence-electron chi connectivity index (χ3n) is 4.54. The number of carbonyl (C=O) groups excluding carboxylic acids is 3. The van der Waals surface area contributed by atoms with E-state index in [1.165, 1.54) is 20.3 Å². The third kappa shape index (κ3) is 3.28. The number of rotatable bonds is 4. The van der Waals surface area contributed by atoms with E-state index < -0.39 is 23.7 Å². The van der Waals surface area contributed by atoms with Gasteiger partial charge in [0.2, 0.25) is 5.91 Å². The largest absolute Gasteiger partial charge is 0.496 e. The van der Waals surface area contributed by atoms with Crippen LogP contribution in [0.1, 0.15) is 12.0 Å². The summed E-state index contributed by atoms with van der Waals surface area (Å²) in [6.07, 6.45) is 3.57. The molecule has 2 amide bonds. The smallest absolute Gasteiger partial charge is 0.337 e. The molecule has 0 radical (unpaired) electrons. The van der Waals surface area contributed by atoms with Gasteiger partial charge in [-0.15, -0.1) is 11.6 Å². The van der Waals surface area contributed by atoms with Gasteiger partial charge < -0.3 is 9.47 Å². The van der Waals surface area contributed by atoms with Crippen molar-refractivity contribution in [2.45, 2.75) is 6.42 Å². The molecule has 27 heavy (non-hydrogen) atoms. The predicted molar refractivity (Wildman–Crippen MR) is 99.2 cm³/mol. The van der Waals surface area contributed by atoms with E-state index in [-0.39, 0.29) is 5.88 Å². The molecule has 1 heterocycles. The number of amides is 2. The van der Waals surface area contributed by atoms with E-state index in [2.05, 4.69) is 0 Å². The molecular weight excluding hydrogens is 370 g/mol. The summed E-state index contributed by atoms with van der Waals surface area (Å²) in [6.45, 7) is 0. The van der Waals surface area contributed by atoms with Crippen molar-refractivity contribution in [2.75, 3.05) is 20.1 Å². The van der Waals surface area contributed by atoms with Crippen LogP contribution in [0, 0.1) is 5.92 Å². The predicted octanol–water partition coefficient (Wildman–Crippen LogP) is 2.65. The number of carbonyl (C=O) groups is 3. The quantitative estimate of drug-likeness (QED) is 0.344. The van der Waals surface area contributed by atoms with E-state index in [1.807, 2.05) is 30.3 Å². The molecule has 0 N–H and O–H groups in total. The van der Waals surface area contributed by atoms with Crippen LogP contribution in [0.25, 0.3) is 5.76 Å². The molecule has 1 fully saturated rings. The van der Waals surface area contributed by atoms with E-state index in [0.29, 0.717) is 29.0 Å². The van der Waals surface area contributed by atoms with Crippen LogP contribution < -0.4 is 0 Å². The maximum absolute atomic E-state index is 13.1. The van der Waals surface area contributed by atoms with Crippen LogP contribution in [-0.4, -0.2) is 42.8 Å². The molecule has 1 saturated heterocycles. The lowest BCUT2D eigenvalue weighted by Gasteiger charge is -2.20. The molecule has 0 bridgehead atoms. The van der Waals surface area contributed by atoms with Gasteiger partial charge in [-0.25, -0.2) is 9.69 Å². The second-order valence-electron chi connectivity index (χ2n) is 5.99. The number of ether oxygens (including phenoxy) is 2. The van der Waals surface area contributed by atoms with Crippen molar-refractivity contribution in [3.63, 3.8) is 0 Å². The van der Waals surface area contributed by atoms with Gasteiger partial charge in [-0.05, 0) is 12.5 Å². The Hall–Kier alpha value is -2.86. The Morgan fingerprint density at radius 3 is 2.48 bits per heavy atom. The summed E-state index contributed by atoms with van der Waals surface area (Å²) in [5.74, 6) is -1.93. The second kappa shape index (κ2) is 7.80. The molecule has 1 aliphatic carbocycles. The number of imide groups is 1. The number of nitrogens with zero attached hydrogens (tertiary/aromatic N) is 1. The summed E-state index contributed by atoms with van der Waals surface area (Å²) in [7, 11) is 2.76. The first-order chi connectivity index (χ1) is 13.0. The molecule has 1 unspecified atom stereocenters. The standard InChI is InChI=1S/C20H18ClNO5/c1-26-18(12-6-4-3-5-7-12)17-14-9-8-13(20(25)27-2)10-15(14)22(19(17)24)16(23)11-21/h3-8,10,14H,9,11H2,1-2H3/b18-17+. The number of methoxy groups -OCH3 is 2. The van der Waals surface area contributed by atoms with Crippen LogP contribution in [0.15, 0.2) is 59.3 Å². The Labute approximate surface area is 161 Å². The van der Waals surface area contributed by atoms with Crippen molar-refractivity contribution in [3.05, 3.63) is 64.9 Å². The number of fused-ring (bicyclic) bond motifs is 1. The normalized spacial score (nSPS) is 20.5. The van der Waals surface area contributed by atoms with E-state index in [1.54, 1.807) is 6.08 Å². The zero-order valence-electron chi connectivity index (χ0n) is 14.9. The SMILES string of the molecule is COC(=O)C1=CCC2C(=C1)N(C(=O)CCl)C(=O)/C2=C(/OC)c1ccccc1. The number of benzene rings is 1. The summed E-state index contributed by atoms with van der Waals surface area (Å²) >= 11 is 5.71. The average Bonchev–Trinajstić information content (AvgIpc) is 2.99. The number of likely N-dealkylation sites (tertiary alicyclic amines) is 1. The zero-order valence-corrected chi connectivity index (χ0v) is 15.7. The van der Waals surface area contributed by atoms with Gasteiger partial charge >= 0.3 is 5.97 Å². The number of alkyl halides is 1. The summed E-state index contributed by atoms with van der Waals surface area (Å²) in [4.78, 5) is 38.4. The minimum absolute atomic E-state index is 0.295. The maximum Gasteiger partial charge on any atom is 0.337 e. The molecule has 2 aliphatic rings. The van der Waals surface area contributed by atoms with Gasteiger partial charge in [0.15, 0.2) is 0 Å². The fraction of sp³-hybridized carbons (Fsp3) is 0.250. The molecule has 3 rings (SSSR count). The summed E-state index contributed by atoms with van der Waals surface area (Å²) < 4.78 is 10.3. The third-order valence-corrected chi connectivity index (χ3v) is 4.77. The average molecular weight is 388 g/mol. The Morgan fingerprint density at radius 2 is 1.89 bits per heavy atom. The molecule has 7 heteroatoms. The highest BCUT2D eigenvalue weighted by molar-refractivity contribution is 6.30. The minimum atomic E-state index is -0.553. The van der Waals surface area contributed by atoms with Crippen molar-refractivity contribution in [1.29, 1.82) is 0 Å². The van der Waals surface area contributed by atoms with Crippen molar-refractivity contribution >= 4 is 35.1 Å². The van der Waals surface area contributed by atoms with Crippen LogP contribution in [0.3, 0.4) is 0 Å². The first-order valence-corrected chi connectivity index (χ1v) is 8.83. The summed E-state index contributed by atoms with van der Waals surface area (Å²) in [6, 6.07) is 9.19. The van der Waals surface area contributed by atoms with Gasteiger partial charge in [-0.3, -0.25) is 9.59 Å². The van der Waals surface area contributed by atoms with E-state index in [9.17, 15) is 14.4 Å². The first-order valence-electron chi connectivity index (χ1n) is 8.30. The van der Waals surface area contributed by atoms with Gasteiger partial charge in [0, 0.05) is 17.2 Å². The molecule has 1 aromatic carbocycles. The molecular formula is C20H18ClNO5. The molecule has 1 aromatic rings. The van der Waals surface area contributed by atoms with Gasteiger partial charge in [-0.2, -0.15) is 0 Å². The lowest BCUT2D eigenvalue weighted by Crippen LogP contribution is -2.33. The summed E-state index contributed by atoms with van der Waals surface area (Å²) in [5, 5.41) is 0.